The molecule has 1 aromatic carbocycles. The van der Waals surface area contributed by atoms with Crippen LogP contribution >= 0.6 is 34.2 Å². The first-order chi connectivity index (χ1) is 7.13. The fraction of sp³-hybridized carbons (Fsp3) is 0.300. The molecule has 0 aliphatic carbocycles. The van der Waals surface area contributed by atoms with Crippen LogP contribution in [0.4, 0.5) is 10.5 Å². The van der Waals surface area contributed by atoms with Gasteiger partial charge in [0.2, 0.25) is 0 Å². The monoisotopic (exact) mass is 338 g/mol. The lowest BCUT2D eigenvalue weighted by Gasteiger charge is -2.08. The number of amides is 2. The zero-order chi connectivity index (χ0) is 11.3. The van der Waals surface area contributed by atoms with Crippen molar-refractivity contribution < 1.29 is 4.79 Å². The van der Waals surface area contributed by atoms with Gasteiger partial charge in [0.05, 0.1) is 5.69 Å². The van der Waals surface area contributed by atoms with E-state index >= 15 is 0 Å². The highest BCUT2D eigenvalue weighted by Gasteiger charge is 2.04. The number of halogens is 2. The summed E-state index contributed by atoms with van der Waals surface area (Å²) in [6.07, 6.45) is 0.922. The molecule has 3 nitrogen and oxygen atoms in total. The number of hydrogen-bond donors (Lipinski definition) is 2. The van der Waals surface area contributed by atoms with Crippen molar-refractivity contribution in [2.75, 3.05) is 11.9 Å². The van der Waals surface area contributed by atoms with E-state index in [1.54, 1.807) is 18.2 Å². The van der Waals surface area contributed by atoms with E-state index < -0.39 is 0 Å². The molecule has 0 saturated heterocycles. The Labute approximate surface area is 108 Å². The van der Waals surface area contributed by atoms with Gasteiger partial charge in [0.15, 0.2) is 0 Å². The minimum absolute atomic E-state index is 0.183. The van der Waals surface area contributed by atoms with Crippen molar-refractivity contribution in [3.8, 4) is 0 Å². The molecule has 5 heteroatoms. The van der Waals surface area contributed by atoms with Crippen molar-refractivity contribution in [1.29, 1.82) is 0 Å². The average Bonchev–Trinajstić information content (AvgIpc) is 2.19. The van der Waals surface area contributed by atoms with Gasteiger partial charge in [-0.25, -0.2) is 4.79 Å². The maximum absolute atomic E-state index is 11.3. The molecule has 0 radical (unpaired) electrons. The molecule has 2 N–H and O–H groups in total. The van der Waals surface area contributed by atoms with Gasteiger partial charge >= 0.3 is 6.03 Å². The van der Waals surface area contributed by atoms with Crippen molar-refractivity contribution in [3.05, 3.63) is 26.8 Å². The van der Waals surface area contributed by atoms with E-state index in [1.165, 1.54) is 0 Å². The van der Waals surface area contributed by atoms with Crippen LogP contribution in [0.3, 0.4) is 0 Å². The van der Waals surface area contributed by atoms with Crippen LogP contribution in [-0.2, 0) is 0 Å². The maximum atomic E-state index is 11.3. The minimum Gasteiger partial charge on any atom is -0.338 e. The van der Waals surface area contributed by atoms with E-state index in [2.05, 4.69) is 33.2 Å². The summed E-state index contributed by atoms with van der Waals surface area (Å²) >= 11 is 7.93. The molecule has 1 rings (SSSR count). The second kappa shape index (κ2) is 6.17. The molecule has 0 heterocycles. The first kappa shape index (κ1) is 12.6. The highest BCUT2D eigenvalue weighted by Crippen LogP contribution is 2.21. The van der Waals surface area contributed by atoms with Crippen LogP contribution in [0.1, 0.15) is 13.3 Å². The molecule has 0 atom stereocenters. The van der Waals surface area contributed by atoms with Gasteiger partial charge < -0.3 is 10.6 Å². The zero-order valence-corrected chi connectivity index (χ0v) is 11.2. The molecule has 82 valence electrons. The van der Waals surface area contributed by atoms with Crippen LogP contribution in [0.25, 0.3) is 0 Å². The van der Waals surface area contributed by atoms with Gasteiger partial charge in [-0.05, 0) is 47.2 Å². The number of benzene rings is 1. The first-order valence-corrected chi connectivity index (χ1v) is 6.09. The van der Waals surface area contributed by atoms with E-state index in [9.17, 15) is 4.79 Å². The minimum atomic E-state index is -0.183. The number of anilines is 1. The molecule has 0 fully saturated rings. The number of rotatable bonds is 3. The van der Waals surface area contributed by atoms with Crippen LogP contribution in [0.2, 0.25) is 5.02 Å². The third-order valence-electron chi connectivity index (χ3n) is 1.71. The van der Waals surface area contributed by atoms with Crippen molar-refractivity contribution in [2.45, 2.75) is 13.3 Å². The van der Waals surface area contributed by atoms with Crippen molar-refractivity contribution in [3.63, 3.8) is 0 Å². The Morgan fingerprint density at radius 1 is 1.53 bits per heavy atom. The predicted octanol–water partition coefficient (Wildman–Crippen LogP) is 3.48. The van der Waals surface area contributed by atoms with Gasteiger partial charge in [-0.3, -0.25) is 0 Å². The Morgan fingerprint density at radius 2 is 2.27 bits per heavy atom. The molecular formula is C10H12ClIN2O. The Morgan fingerprint density at radius 3 is 2.87 bits per heavy atom. The molecule has 15 heavy (non-hydrogen) atoms. The van der Waals surface area contributed by atoms with Crippen molar-refractivity contribution in [1.82, 2.24) is 5.32 Å². The first-order valence-electron chi connectivity index (χ1n) is 4.63. The summed E-state index contributed by atoms with van der Waals surface area (Å²) < 4.78 is 0.923. The number of nitrogens with one attached hydrogen (secondary N) is 2. The lowest BCUT2D eigenvalue weighted by molar-refractivity contribution is 0.252. The van der Waals surface area contributed by atoms with Gasteiger partial charge in [-0.15, -0.1) is 0 Å². The quantitative estimate of drug-likeness (QED) is 0.814. The fourth-order valence-electron chi connectivity index (χ4n) is 0.996. The van der Waals surface area contributed by atoms with E-state index in [-0.39, 0.29) is 6.03 Å². The topological polar surface area (TPSA) is 41.1 Å². The number of carbonyl (C=O) groups is 1. The average molecular weight is 339 g/mol. The lowest BCUT2D eigenvalue weighted by Crippen LogP contribution is -2.29. The SMILES string of the molecule is CCCNC(=O)Nc1ccc(Cl)cc1I. The molecule has 0 spiro atoms. The molecule has 0 bridgehead atoms. The smallest absolute Gasteiger partial charge is 0.319 e. The fourth-order valence-corrected chi connectivity index (χ4v) is 2.00. The van der Waals surface area contributed by atoms with Crippen LogP contribution in [-0.4, -0.2) is 12.6 Å². The molecule has 2 amide bonds. The van der Waals surface area contributed by atoms with Crippen molar-refractivity contribution >= 4 is 45.9 Å². The van der Waals surface area contributed by atoms with Crippen molar-refractivity contribution in [2.24, 2.45) is 0 Å². The summed E-state index contributed by atoms with van der Waals surface area (Å²) in [6.45, 7) is 2.68. The van der Waals surface area contributed by atoms with E-state index in [4.69, 9.17) is 11.6 Å². The summed E-state index contributed by atoms with van der Waals surface area (Å²) in [4.78, 5) is 11.3. The zero-order valence-electron chi connectivity index (χ0n) is 8.31. The second-order valence-corrected chi connectivity index (χ2v) is 4.60. The number of hydrogen-bond acceptors (Lipinski definition) is 1. The molecule has 0 saturated carbocycles. The third kappa shape index (κ3) is 4.25. The van der Waals surface area contributed by atoms with Gasteiger partial charge in [-0.1, -0.05) is 18.5 Å². The Balaban J connectivity index is 2.60. The second-order valence-electron chi connectivity index (χ2n) is 3.01. The normalized spacial score (nSPS) is 9.80. The largest absolute Gasteiger partial charge is 0.338 e. The molecular weight excluding hydrogens is 326 g/mol. The van der Waals surface area contributed by atoms with E-state index in [1.807, 2.05) is 6.92 Å². The van der Waals surface area contributed by atoms with Gasteiger partial charge in [0, 0.05) is 15.1 Å². The predicted molar refractivity (Wildman–Crippen MR) is 71.5 cm³/mol. The summed E-state index contributed by atoms with van der Waals surface area (Å²) in [6, 6.07) is 5.16. The van der Waals surface area contributed by atoms with Crippen LogP contribution in [0.15, 0.2) is 18.2 Å². The van der Waals surface area contributed by atoms with Gasteiger partial charge in [0.25, 0.3) is 0 Å². The van der Waals surface area contributed by atoms with Gasteiger partial charge in [-0.2, -0.15) is 0 Å². The van der Waals surface area contributed by atoms with Crippen LogP contribution < -0.4 is 10.6 Å². The van der Waals surface area contributed by atoms with E-state index in [0.29, 0.717) is 11.6 Å². The summed E-state index contributed by atoms with van der Waals surface area (Å²) in [5.74, 6) is 0. The van der Waals surface area contributed by atoms with Crippen LogP contribution in [0.5, 0.6) is 0 Å². The Hall–Kier alpha value is -0.490. The summed E-state index contributed by atoms with van der Waals surface area (Å²) in [5, 5.41) is 6.16. The summed E-state index contributed by atoms with van der Waals surface area (Å²) in [5.41, 5.74) is 0.772. The molecule has 0 aliphatic heterocycles. The lowest BCUT2D eigenvalue weighted by atomic mass is 10.3. The van der Waals surface area contributed by atoms with Gasteiger partial charge in [0.1, 0.15) is 0 Å². The number of carbonyl (C=O) groups excluding carboxylic acids is 1. The summed E-state index contributed by atoms with van der Waals surface area (Å²) in [7, 11) is 0. The maximum Gasteiger partial charge on any atom is 0.319 e. The highest BCUT2D eigenvalue weighted by atomic mass is 127. The molecule has 0 unspecified atom stereocenters. The Kier molecular flexibility index (Phi) is 5.17. The molecule has 0 aliphatic rings. The molecule has 1 aromatic rings. The molecule has 0 aromatic heterocycles. The Bertz CT molecular complexity index is 357. The number of urea groups is 1. The third-order valence-corrected chi connectivity index (χ3v) is 2.84. The highest BCUT2D eigenvalue weighted by molar-refractivity contribution is 14.1. The van der Waals surface area contributed by atoms with Crippen LogP contribution in [0, 0.1) is 3.57 Å². The standard InChI is InChI=1S/C10H12ClIN2O/c1-2-5-13-10(15)14-9-4-3-7(11)6-8(9)12/h3-4,6H,2,5H2,1H3,(H2,13,14,15). The van der Waals surface area contributed by atoms with E-state index in [0.717, 1.165) is 15.7 Å².